The van der Waals surface area contributed by atoms with Crippen molar-refractivity contribution in [1.29, 1.82) is 0 Å². The number of hydrogen-bond donors (Lipinski definition) is 1. The molecule has 8 rings (SSSR count). The second kappa shape index (κ2) is 15.9. The lowest BCUT2D eigenvalue weighted by Gasteiger charge is -2.29. The maximum Gasteiger partial charge on any atom is 0.306 e. The summed E-state index contributed by atoms with van der Waals surface area (Å²) in [4.78, 5) is 52.4. The molecule has 0 spiro atoms. The quantitative estimate of drug-likeness (QED) is 0.117. The number of imide groups is 1. The number of piperidine rings is 1. The van der Waals surface area contributed by atoms with Crippen LogP contribution in [0.3, 0.4) is 0 Å². The van der Waals surface area contributed by atoms with Gasteiger partial charge in [0.05, 0.1) is 29.8 Å². The van der Waals surface area contributed by atoms with Gasteiger partial charge in [0.15, 0.2) is 5.82 Å². The molecule has 0 bridgehead atoms. The third kappa shape index (κ3) is 7.68. The van der Waals surface area contributed by atoms with Gasteiger partial charge in [0.1, 0.15) is 30.1 Å². The van der Waals surface area contributed by atoms with Gasteiger partial charge in [-0.15, -0.1) is 21.5 Å². The van der Waals surface area contributed by atoms with E-state index in [2.05, 4.69) is 49.2 Å². The minimum Gasteiger partial charge on any atom is -0.464 e. The van der Waals surface area contributed by atoms with Gasteiger partial charge in [0.25, 0.3) is 5.91 Å². The molecule has 1 atom stereocenters. The number of hydrogen-bond acceptors (Lipinski definition) is 10. The Morgan fingerprint density at radius 2 is 1.91 bits per heavy atom. The zero-order valence-corrected chi connectivity index (χ0v) is 31.9. The number of carbonyl (C=O) groups excluding carboxylic acids is 4. The summed E-state index contributed by atoms with van der Waals surface area (Å²) in [5.74, 6) is 6.98. The topological polar surface area (TPSA) is 151 Å². The largest absolute Gasteiger partial charge is 0.464 e. The molecule has 3 aromatic heterocycles. The Labute approximate surface area is 327 Å². The number of carbonyl (C=O) groups is 4. The summed E-state index contributed by atoms with van der Waals surface area (Å²) in [5, 5.41) is 16.4. The first-order valence-electron chi connectivity index (χ1n) is 18.5. The molecule has 56 heavy (non-hydrogen) atoms. The number of aromatic nitrogens is 5. The lowest BCUT2D eigenvalue weighted by Crippen LogP contribution is -2.52. The first-order chi connectivity index (χ1) is 27.2. The minimum absolute atomic E-state index is 0.167. The van der Waals surface area contributed by atoms with Crippen LogP contribution in [0.25, 0.3) is 11.1 Å². The van der Waals surface area contributed by atoms with Crippen molar-refractivity contribution >= 4 is 41.1 Å². The molecule has 14 heteroatoms. The van der Waals surface area contributed by atoms with Gasteiger partial charge >= 0.3 is 5.97 Å². The number of nitrogens with one attached hydrogen (secondary N) is 1. The highest BCUT2D eigenvalue weighted by Crippen LogP contribution is 2.37. The number of amides is 3. The molecule has 0 saturated carbocycles. The molecular weight excluding hydrogens is 731 g/mol. The van der Waals surface area contributed by atoms with Gasteiger partial charge in [0, 0.05) is 36.7 Å². The number of rotatable bonds is 10. The maximum atomic E-state index is 13.2. The van der Waals surface area contributed by atoms with Crippen LogP contribution in [0.4, 0.5) is 0 Å². The Morgan fingerprint density at radius 1 is 1.05 bits per heavy atom. The molecule has 0 aliphatic carbocycles. The molecule has 5 aromatic rings. The van der Waals surface area contributed by atoms with E-state index in [0.717, 1.165) is 61.3 Å². The highest BCUT2D eigenvalue weighted by molar-refractivity contribution is 7.15. The summed E-state index contributed by atoms with van der Waals surface area (Å²) in [5.41, 5.74) is 7.37. The second-order valence-corrected chi connectivity index (χ2v) is 15.1. The molecule has 1 saturated heterocycles. The summed E-state index contributed by atoms with van der Waals surface area (Å²) in [6.07, 6.45) is 7.44. The van der Waals surface area contributed by atoms with E-state index in [1.165, 1.54) is 10.5 Å². The highest BCUT2D eigenvalue weighted by Gasteiger charge is 2.39. The molecule has 3 aliphatic heterocycles. The number of allylic oxidation sites excluding steroid dienone is 1. The van der Waals surface area contributed by atoms with E-state index in [0.29, 0.717) is 38.2 Å². The summed E-state index contributed by atoms with van der Waals surface area (Å²) < 4.78 is 15.3. The summed E-state index contributed by atoms with van der Waals surface area (Å²) >= 11 is 1.62. The fraction of sp³-hybridized carbons (Fsp3) is 0.310. The van der Waals surface area contributed by atoms with Crippen molar-refractivity contribution in [2.45, 2.75) is 78.3 Å². The SMILES string of the molecule is C/C(=C\c1cccc2c1CN(C1CCC(=O)NC1=O)C2=O)CCC(=O)OCCn1cc(C#Cc2sc3c(c2Cc2ccccc2)COCc2nnc(C)n2-3)cn1. The first-order valence-corrected chi connectivity index (χ1v) is 19.3. The van der Waals surface area contributed by atoms with Gasteiger partial charge < -0.3 is 14.4 Å². The van der Waals surface area contributed by atoms with E-state index in [1.54, 1.807) is 28.3 Å². The molecule has 3 amide bonds. The number of esters is 1. The van der Waals surface area contributed by atoms with Crippen LogP contribution in [0.5, 0.6) is 0 Å². The van der Waals surface area contributed by atoms with Crippen LogP contribution in [0.15, 0.2) is 66.5 Å². The van der Waals surface area contributed by atoms with Gasteiger partial charge in [-0.3, -0.25) is 33.7 Å². The monoisotopic (exact) mass is 769 g/mol. The van der Waals surface area contributed by atoms with Gasteiger partial charge in [0.2, 0.25) is 11.8 Å². The van der Waals surface area contributed by atoms with Gasteiger partial charge in [-0.2, -0.15) is 5.10 Å². The zero-order valence-electron chi connectivity index (χ0n) is 31.0. The highest BCUT2D eigenvalue weighted by atomic mass is 32.1. The molecule has 1 N–H and O–H groups in total. The number of aryl methyl sites for hydroxylation is 1. The number of fused-ring (bicyclic) bond motifs is 4. The zero-order chi connectivity index (χ0) is 38.8. The predicted molar refractivity (Wildman–Crippen MR) is 206 cm³/mol. The average molecular weight is 770 g/mol. The maximum absolute atomic E-state index is 13.2. The molecule has 0 radical (unpaired) electrons. The van der Waals surface area contributed by atoms with Crippen molar-refractivity contribution in [2.75, 3.05) is 6.61 Å². The van der Waals surface area contributed by atoms with Crippen molar-refractivity contribution < 1.29 is 28.7 Å². The molecular formula is C42H39N7O6S. The van der Waals surface area contributed by atoms with Crippen molar-refractivity contribution in [3.05, 3.63) is 122 Å². The lowest BCUT2D eigenvalue weighted by atomic mass is 10.00. The summed E-state index contributed by atoms with van der Waals surface area (Å²) in [6.45, 7) is 5.58. The molecule has 13 nitrogen and oxygen atoms in total. The van der Waals surface area contributed by atoms with Crippen molar-refractivity contribution in [1.82, 2.24) is 34.8 Å². The fourth-order valence-electron chi connectivity index (χ4n) is 7.30. The van der Waals surface area contributed by atoms with Crippen LogP contribution in [-0.4, -0.2) is 65.8 Å². The van der Waals surface area contributed by atoms with E-state index in [1.807, 2.05) is 56.5 Å². The Hall–Kier alpha value is -6.17. The second-order valence-electron chi connectivity index (χ2n) is 14.1. The van der Waals surface area contributed by atoms with Crippen molar-refractivity contribution in [3.63, 3.8) is 0 Å². The van der Waals surface area contributed by atoms with Gasteiger partial charge in [-0.1, -0.05) is 66.0 Å². The van der Waals surface area contributed by atoms with Gasteiger partial charge in [-0.25, -0.2) is 0 Å². The first kappa shape index (κ1) is 36.8. The Morgan fingerprint density at radius 3 is 2.75 bits per heavy atom. The molecule has 6 heterocycles. The Kier molecular flexibility index (Phi) is 10.4. The predicted octanol–water partition coefficient (Wildman–Crippen LogP) is 5.04. The van der Waals surface area contributed by atoms with Gasteiger partial charge in [-0.05, 0) is 61.4 Å². The van der Waals surface area contributed by atoms with Crippen molar-refractivity contribution in [3.8, 4) is 16.8 Å². The summed E-state index contributed by atoms with van der Waals surface area (Å²) in [7, 11) is 0. The smallest absolute Gasteiger partial charge is 0.306 e. The van der Waals surface area contributed by atoms with Crippen LogP contribution in [0.2, 0.25) is 0 Å². The van der Waals surface area contributed by atoms with E-state index < -0.39 is 11.9 Å². The van der Waals surface area contributed by atoms with E-state index in [4.69, 9.17) is 9.47 Å². The standard InChI is InChI=1S/C42H39N7O6S/c1-26(19-30-9-6-10-31-33(30)23-48(41(31)53)35-13-15-38(50)44-40(35)52)11-16-39(51)55-18-17-47-22-29(21-43-47)12-14-36-32(20-28-7-4-3-5-8-28)34-24-54-25-37-46-45-27(2)49(37)42(34)56-36/h3-10,19,21-22,35H,11,13,15-18,20,23-25H2,1-2H3,(H,44,50,52)/b26-19+. The van der Waals surface area contributed by atoms with Crippen LogP contribution >= 0.6 is 11.3 Å². The fourth-order valence-corrected chi connectivity index (χ4v) is 8.55. The minimum atomic E-state index is -0.674. The average Bonchev–Trinajstić information content (AvgIpc) is 3.94. The molecule has 3 aliphatic rings. The van der Waals surface area contributed by atoms with E-state index in [-0.39, 0.29) is 43.8 Å². The Balaban J connectivity index is 0.869. The van der Waals surface area contributed by atoms with Crippen LogP contribution in [0, 0.1) is 18.8 Å². The normalized spacial score (nSPS) is 16.4. The lowest BCUT2D eigenvalue weighted by molar-refractivity contribution is -0.144. The number of thiophene rings is 1. The third-order valence-electron chi connectivity index (χ3n) is 10.2. The van der Waals surface area contributed by atoms with Crippen LogP contribution in [0.1, 0.15) is 92.9 Å². The van der Waals surface area contributed by atoms with E-state index in [9.17, 15) is 19.2 Å². The molecule has 1 fully saturated rings. The number of nitrogens with zero attached hydrogens (tertiary/aromatic N) is 6. The number of ether oxygens (including phenoxy) is 2. The van der Waals surface area contributed by atoms with Crippen molar-refractivity contribution in [2.24, 2.45) is 0 Å². The molecule has 2 aromatic carbocycles. The van der Waals surface area contributed by atoms with Crippen LogP contribution < -0.4 is 5.32 Å². The molecule has 284 valence electrons. The van der Waals surface area contributed by atoms with E-state index >= 15 is 0 Å². The summed E-state index contributed by atoms with van der Waals surface area (Å²) in [6, 6.07) is 15.1. The molecule has 1 unspecified atom stereocenters. The van der Waals surface area contributed by atoms with Crippen LogP contribution in [-0.2, 0) is 56.6 Å². The Bertz CT molecular complexity index is 2450. The third-order valence-corrected chi connectivity index (χ3v) is 11.3. The number of benzene rings is 2.